The lowest BCUT2D eigenvalue weighted by Crippen LogP contribution is -2.39. The first-order valence-electron chi connectivity index (χ1n) is 9.92. The summed E-state index contributed by atoms with van der Waals surface area (Å²) in [5, 5.41) is 2.72. The summed E-state index contributed by atoms with van der Waals surface area (Å²) in [7, 11) is 1.32. The second-order valence-corrected chi connectivity index (χ2v) is 8.30. The van der Waals surface area contributed by atoms with Crippen molar-refractivity contribution in [3.8, 4) is 0 Å². The van der Waals surface area contributed by atoms with Gasteiger partial charge in [0.15, 0.2) is 4.80 Å². The average Bonchev–Trinajstić information content (AvgIpc) is 3.08. The van der Waals surface area contributed by atoms with Crippen molar-refractivity contribution in [3.05, 3.63) is 96.7 Å². The molecule has 7 nitrogen and oxygen atoms in total. The zero-order chi connectivity index (χ0) is 22.8. The van der Waals surface area contributed by atoms with Crippen molar-refractivity contribution in [2.24, 2.45) is 4.99 Å². The van der Waals surface area contributed by atoms with Crippen LogP contribution in [0.1, 0.15) is 31.0 Å². The SMILES string of the molecule is COC(=O)C1=C(C)N=c2sc(=Cc3ccc(NC(C)=O)cc3)c(=O)n2C1c1ccccc1. The molecule has 0 saturated heterocycles. The van der Waals surface area contributed by atoms with Crippen LogP contribution in [0.5, 0.6) is 0 Å². The Hall–Kier alpha value is -3.78. The molecule has 2 aromatic carbocycles. The monoisotopic (exact) mass is 447 g/mol. The Morgan fingerprint density at radius 1 is 1.12 bits per heavy atom. The van der Waals surface area contributed by atoms with Gasteiger partial charge < -0.3 is 10.1 Å². The minimum atomic E-state index is -0.621. The van der Waals surface area contributed by atoms with Crippen LogP contribution in [-0.4, -0.2) is 23.6 Å². The zero-order valence-corrected chi connectivity index (χ0v) is 18.6. The number of carbonyl (C=O) groups is 2. The lowest BCUT2D eigenvalue weighted by Gasteiger charge is -2.24. The maximum Gasteiger partial charge on any atom is 0.338 e. The van der Waals surface area contributed by atoms with Crippen molar-refractivity contribution in [2.75, 3.05) is 12.4 Å². The molecular weight excluding hydrogens is 426 g/mol. The van der Waals surface area contributed by atoms with E-state index in [1.165, 1.54) is 25.4 Å². The van der Waals surface area contributed by atoms with Gasteiger partial charge in [-0.25, -0.2) is 9.79 Å². The minimum absolute atomic E-state index is 0.149. The number of anilines is 1. The summed E-state index contributed by atoms with van der Waals surface area (Å²) in [6, 6.07) is 15.9. The number of thiazole rings is 1. The number of carbonyl (C=O) groups excluding carboxylic acids is 2. The molecule has 0 aliphatic carbocycles. The maximum atomic E-state index is 13.4. The van der Waals surface area contributed by atoms with E-state index in [0.29, 0.717) is 26.3 Å². The Morgan fingerprint density at radius 3 is 2.44 bits per heavy atom. The number of nitrogens with one attached hydrogen (secondary N) is 1. The lowest BCUT2D eigenvalue weighted by atomic mass is 9.96. The van der Waals surface area contributed by atoms with E-state index in [1.807, 2.05) is 42.5 Å². The number of amides is 1. The molecule has 3 aromatic rings. The molecule has 0 radical (unpaired) electrons. The van der Waals surface area contributed by atoms with Gasteiger partial charge in [0.25, 0.3) is 5.56 Å². The van der Waals surface area contributed by atoms with Crippen LogP contribution in [0.4, 0.5) is 5.69 Å². The molecule has 0 spiro atoms. The normalized spacial score (nSPS) is 15.7. The number of aromatic nitrogens is 1. The Kier molecular flexibility index (Phi) is 5.87. The first-order valence-corrected chi connectivity index (χ1v) is 10.7. The van der Waals surface area contributed by atoms with Crippen molar-refractivity contribution >= 4 is 35.0 Å². The number of methoxy groups -OCH3 is 1. The topological polar surface area (TPSA) is 89.8 Å². The lowest BCUT2D eigenvalue weighted by molar-refractivity contribution is -0.136. The van der Waals surface area contributed by atoms with E-state index in [0.717, 1.165) is 11.1 Å². The van der Waals surface area contributed by atoms with Crippen LogP contribution in [0.25, 0.3) is 6.08 Å². The summed E-state index contributed by atoms with van der Waals surface area (Å²) in [5.74, 6) is -0.660. The van der Waals surface area contributed by atoms with E-state index < -0.39 is 12.0 Å². The highest BCUT2D eigenvalue weighted by Crippen LogP contribution is 2.30. The van der Waals surface area contributed by atoms with Crippen molar-refractivity contribution in [1.29, 1.82) is 0 Å². The first-order chi connectivity index (χ1) is 15.4. The number of benzene rings is 2. The summed E-state index contributed by atoms with van der Waals surface area (Å²) in [5.41, 5.74) is 2.93. The Morgan fingerprint density at radius 2 is 1.81 bits per heavy atom. The number of rotatable bonds is 4. The number of ether oxygens (including phenoxy) is 1. The second kappa shape index (κ2) is 8.76. The van der Waals surface area contributed by atoms with Crippen LogP contribution >= 0.6 is 11.3 Å². The molecule has 4 rings (SSSR count). The standard InChI is InChI=1S/C24H21N3O4S/c1-14-20(23(30)31-3)21(17-7-5-4-6-8-17)27-22(29)19(32-24(27)25-14)13-16-9-11-18(12-10-16)26-15(2)28/h4-13,21H,1-3H3,(H,26,28). The van der Waals surface area contributed by atoms with Crippen molar-refractivity contribution in [3.63, 3.8) is 0 Å². The highest BCUT2D eigenvalue weighted by Gasteiger charge is 2.32. The molecule has 2 heterocycles. The van der Waals surface area contributed by atoms with E-state index in [4.69, 9.17) is 4.74 Å². The highest BCUT2D eigenvalue weighted by atomic mass is 32.1. The largest absolute Gasteiger partial charge is 0.466 e. The summed E-state index contributed by atoms with van der Waals surface area (Å²) in [4.78, 5) is 42.3. The fourth-order valence-electron chi connectivity index (χ4n) is 3.66. The van der Waals surface area contributed by atoms with E-state index >= 15 is 0 Å². The van der Waals surface area contributed by atoms with Crippen LogP contribution in [0.3, 0.4) is 0 Å². The molecule has 1 aliphatic heterocycles. The summed E-state index contributed by atoms with van der Waals surface area (Å²) < 4.78 is 7.05. The van der Waals surface area contributed by atoms with E-state index in [1.54, 1.807) is 29.7 Å². The van der Waals surface area contributed by atoms with Gasteiger partial charge in [0, 0.05) is 12.6 Å². The third-order valence-electron chi connectivity index (χ3n) is 5.07. The average molecular weight is 448 g/mol. The van der Waals surface area contributed by atoms with Gasteiger partial charge in [0.1, 0.15) is 0 Å². The molecule has 162 valence electrons. The van der Waals surface area contributed by atoms with Crippen LogP contribution in [0.2, 0.25) is 0 Å². The molecule has 1 aromatic heterocycles. The quantitative estimate of drug-likeness (QED) is 0.622. The first kappa shape index (κ1) is 21.5. The van der Waals surface area contributed by atoms with Gasteiger partial charge in [0.05, 0.1) is 29.0 Å². The van der Waals surface area contributed by atoms with E-state index in [2.05, 4.69) is 10.3 Å². The Bertz CT molecular complexity index is 1400. The van der Waals surface area contributed by atoms with Gasteiger partial charge in [-0.1, -0.05) is 53.8 Å². The number of hydrogen-bond donors (Lipinski definition) is 1. The van der Waals surface area contributed by atoms with Gasteiger partial charge in [0.2, 0.25) is 5.91 Å². The Labute approximate surface area is 188 Å². The molecule has 1 unspecified atom stereocenters. The predicted octanol–water partition coefficient (Wildman–Crippen LogP) is 2.37. The molecule has 8 heteroatoms. The highest BCUT2D eigenvalue weighted by molar-refractivity contribution is 7.07. The predicted molar refractivity (Wildman–Crippen MR) is 123 cm³/mol. The van der Waals surface area contributed by atoms with Crippen LogP contribution in [0, 0.1) is 0 Å². The fraction of sp³-hybridized carbons (Fsp3) is 0.167. The fourth-order valence-corrected chi connectivity index (χ4v) is 4.71. The van der Waals surface area contributed by atoms with Gasteiger partial charge in [-0.2, -0.15) is 0 Å². The molecule has 1 amide bonds. The van der Waals surface area contributed by atoms with Crippen molar-refractivity contribution in [2.45, 2.75) is 19.9 Å². The van der Waals surface area contributed by atoms with Crippen LogP contribution in [0.15, 0.2) is 75.7 Å². The molecular formula is C24H21N3O4S. The number of nitrogens with zero attached hydrogens (tertiary/aromatic N) is 2. The van der Waals surface area contributed by atoms with Crippen molar-refractivity contribution in [1.82, 2.24) is 4.57 Å². The van der Waals surface area contributed by atoms with Gasteiger partial charge in [-0.05, 0) is 36.3 Å². The summed E-state index contributed by atoms with van der Waals surface area (Å²) in [6.45, 7) is 3.20. The van der Waals surface area contributed by atoms with Gasteiger partial charge >= 0.3 is 5.97 Å². The molecule has 32 heavy (non-hydrogen) atoms. The molecule has 0 saturated carbocycles. The van der Waals surface area contributed by atoms with Crippen molar-refractivity contribution < 1.29 is 14.3 Å². The number of fused-ring (bicyclic) bond motifs is 1. The maximum absolute atomic E-state index is 13.4. The minimum Gasteiger partial charge on any atom is -0.466 e. The van der Waals surface area contributed by atoms with Gasteiger partial charge in [-0.15, -0.1) is 0 Å². The van der Waals surface area contributed by atoms with Gasteiger partial charge in [-0.3, -0.25) is 14.2 Å². The molecule has 0 fully saturated rings. The second-order valence-electron chi connectivity index (χ2n) is 7.29. The smallest absolute Gasteiger partial charge is 0.338 e. The summed E-state index contributed by atoms with van der Waals surface area (Å²) in [6.07, 6.45) is 1.78. The molecule has 1 aliphatic rings. The number of esters is 1. The van der Waals surface area contributed by atoms with E-state index in [9.17, 15) is 14.4 Å². The molecule has 0 bridgehead atoms. The third kappa shape index (κ3) is 4.04. The number of hydrogen-bond acceptors (Lipinski definition) is 6. The summed E-state index contributed by atoms with van der Waals surface area (Å²) >= 11 is 1.27. The number of allylic oxidation sites excluding steroid dienone is 1. The molecule has 1 N–H and O–H groups in total. The van der Waals surface area contributed by atoms with Crippen LogP contribution in [-0.2, 0) is 14.3 Å². The van der Waals surface area contributed by atoms with E-state index in [-0.39, 0.29) is 11.5 Å². The Balaban J connectivity index is 1.86. The molecule has 1 atom stereocenters. The van der Waals surface area contributed by atoms with Crippen LogP contribution < -0.4 is 20.2 Å². The zero-order valence-electron chi connectivity index (χ0n) is 17.8. The third-order valence-corrected chi connectivity index (χ3v) is 6.05.